The van der Waals surface area contributed by atoms with E-state index in [0.29, 0.717) is 26.1 Å². The van der Waals surface area contributed by atoms with Gasteiger partial charge in [0, 0.05) is 38.1 Å². The number of hydrogen-bond acceptors (Lipinski definition) is 4. The van der Waals surface area contributed by atoms with Gasteiger partial charge in [0.2, 0.25) is 5.91 Å². The molecule has 1 amide bonds. The average Bonchev–Trinajstić information content (AvgIpc) is 2.98. The van der Waals surface area contributed by atoms with Crippen LogP contribution < -0.4 is 11.0 Å². The lowest BCUT2D eigenvalue weighted by Crippen LogP contribution is -2.47. The number of carbonyl (C=O) groups is 1. The Morgan fingerprint density at radius 1 is 1.24 bits per heavy atom. The number of carbonyl (C=O) groups excluding carboxylic acids is 1. The first kappa shape index (κ1) is 16.4. The van der Waals surface area contributed by atoms with Crippen molar-refractivity contribution in [1.82, 2.24) is 19.8 Å². The summed E-state index contributed by atoms with van der Waals surface area (Å²) >= 11 is 0. The standard InChI is InChI=1S/C18H24N4O3/c23-17(11-13-12-25-10-7-19-13)21-8-5-14(6-9-21)22-16-4-2-1-3-15(16)20-18(22)24/h1-4,13-14,19H,5-12H2,(H,20,24). The topological polar surface area (TPSA) is 79.4 Å². The Labute approximate surface area is 146 Å². The Balaban J connectivity index is 1.40. The summed E-state index contributed by atoms with van der Waals surface area (Å²) in [5, 5.41) is 3.33. The lowest BCUT2D eigenvalue weighted by Gasteiger charge is -2.34. The molecule has 1 aromatic heterocycles. The number of piperidine rings is 1. The molecule has 3 heterocycles. The number of ether oxygens (including phenoxy) is 1. The number of benzene rings is 1. The first-order valence-electron chi connectivity index (χ1n) is 9.00. The lowest BCUT2D eigenvalue weighted by atomic mass is 10.0. The van der Waals surface area contributed by atoms with Crippen molar-refractivity contribution >= 4 is 16.9 Å². The fourth-order valence-corrected chi connectivity index (χ4v) is 3.90. The Hall–Kier alpha value is -2.12. The monoisotopic (exact) mass is 344 g/mol. The summed E-state index contributed by atoms with van der Waals surface area (Å²) in [6.45, 7) is 3.53. The highest BCUT2D eigenvalue weighted by molar-refractivity contribution is 5.77. The number of amides is 1. The van der Waals surface area contributed by atoms with Crippen molar-refractivity contribution in [2.45, 2.75) is 31.3 Å². The van der Waals surface area contributed by atoms with Gasteiger partial charge in [-0.25, -0.2) is 4.79 Å². The van der Waals surface area contributed by atoms with E-state index < -0.39 is 0 Å². The summed E-state index contributed by atoms with van der Waals surface area (Å²) in [7, 11) is 0. The van der Waals surface area contributed by atoms with Crippen LogP contribution in [-0.4, -0.2) is 59.2 Å². The largest absolute Gasteiger partial charge is 0.378 e. The molecule has 2 saturated heterocycles. The average molecular weight is 344 g/mol. The van der Waals surface area contributed by atoms with Gasteiger partial charge in [-0.1, -0.05) is 12.1 Å². The number of likely N-dealkylation sites (tertiary alicyclic amines) is 1. The second-order valence-corrected chi connectivity index (χ2v) is 6.86. The third kappa shape index (κ3) is 3.34. The van der Waals surface area contributed by atoms with Gasteiger partial charge >= 0.3 is 5.69 Å². The van der Waals surface area contributed by atoms with Gasteiger partial charge in [0.1, 0.15) is 0 Å². The van der Waals surface area contributed by atoms with Crippen LogP contribution >= 0.6 is 0 Å². The molecule has 7 heteroatoms. The highest BCUT2D eigenvalue weighted by Gasteiger charge is 2.27. The van der Waals surface area contributed by atoms with E-state index >= 15 is 0 Å². The van der Waals surface area contributed by atoms with E-state index in [0.717, 1.165) is 37.0 Å². The Morgan fingerprint density at radius 2 is 2.04 bits per heavy atom. The zero-order chi connectivity index (χ0) is 17.2. The van der Waals surface area contributed by atoms with Crippen molar-refractivity contribution in [1.29, 1.82) is 0 Å². The molecule has 25 heavy (non-hydrogen) atoms. The van der Waals surface area contributed by atoms with Crippen LogP contribution in [0.1, 0.15) is 25.3 Å². The maximum atomic E-state index is 12.5. The SMILES string of the molecule is O=C(CC1COCCN1)N1CCC(n2c(=O)[nH]c3ccccc32)CC1. The molecule has 4 rings (SSSR count). The predicted octanol–water partition coefficient (Wildman–Crippen LogP) is 0.872. The number of nitrogens with one attached hydrogen (secondary N) is 2. The predicted molar refractivity (Wildman–Crippen MR) is 94.6 cm³/mol. The molecular weight excluding hydrogens is 320 g/mol. The maximum absolute atomic E-state index is 12.5. The zero-order valence-electron chi connectivity index (χ0n) is 14.2. The molecule has 2 aliphatic heterocycles. The van der Waals surface area contributed by atoms with Crippen molar-refractivity contribution in [3.05, 3.63) is 34.7 Å². The summed E-state index contributed by atoms with van der Waals surface area (Å²) in [5.74, 6) is 0.174. The van der Waals surface area contributed by atoms with Gasteiger partial charge in [-0.15, -0.1) is 0 Å². The molecule has 2 aromatic rings. The summed E-state index contributed by atoms with van der Waals surface area (Å²) in [6.07, 6.45) is 2.10. The molecule has 7 nitrogen and oxygen atoms in total. The molecule has 0 bridgehead atoms. The Kier molecular flexibility index (Phi) is 4.59. The van der Waals surface area contributed by atoms with Gasteiger partial charge in [0.15, 0.2) is 0 Å². The molecule has 1 unspecified atom stereocenters. The van der Waals surface area contributed by atoms with Crippen molar-refractivity contribution in [3.8, 4) is 0 Å². The van der Waals surface area contributed by atoms with Gasteiger partial charge in [-0.05, 0) is 25.0 Å². The van der Waals surface area contributed by atoms with E-state index in [1.165, 1.54) is 0 Å². The van der Waals surface area contributed by atoms with Crippen LogP contribution in [0.2, 0.25) is 0 Å². The number of fused-ring (bicyclic) bond motifs is 1. The lowest BCUT2D eigenvalue weighted by molar-refractivity contribution is -0.133. The van der Waals surface area contributed by atoms with E-state index in [2.05, 4.69) is 10.3 Å². The quantitative estimate of drug-likeness (QED) is 0.866. The van der Waals surface area contributed by atoms with Crippen LogP contribution in [-0.2, 0) is 9.53 Å². The Morgan fingerprint density at radius 3 is 2.80 bits per heavy atom. The number of nitrogens with zero attached hydrogens (tertiary/aromatic N) is 2. The van der Waals surface area contributed by atoms with Crippen molar-refractivity contribution in [2.75, 3.05) is 32.8 Å². The van der Waals surface area contributed by atoms with Gasteiger partial charge in [-0.2, -0.15) is 0 Å². The summed E-state index contributed by atoms with van der Waals surface area (Å²) in [5.41, 5.74) is 1.75. The second kappa shape index (κ2) is 7.01. The van der Waals surface area contributed by atoms with Crippen LogP contribution in [0.25, 0.3) is 11.0 Å². The van der Waals surface area contributed by atoms with E-state index in [4.69, 9.17) is 4.74 Å². The summed E-state index contributed by atoms with van der Waals surface area (Å²) in [4.78, 5) is 29.7. The van der Waals surface area contributed by atoms with E-state index in [1.807, 2.05) is 33.7 Å². The van der Waals surface area contributed by atoms with Crippen molar-refractivity contribution in [3.63, 3.8) is 0 Å². The molecule has 134 valence electrons. The highest BCUT2D eigenvalue weighted by Crippen LogP contribution is 2.25. The number of morpholine rings is 1. The van der Waals surface area contributed by atoms with Crippen LogP contribution in [0, 0.1) is 0 Å². The highest BCUT2D eigenvalue weighted by atomic mass is 16.5. The number of imidazole rings is 1. The molecule has 0 spiro atoms. The smallest absolute Gasteiger partial charge is 0.326 e. The zero-order valence-corrected chi connectivity index (χ0v) is 14.2. The third-order valence-electron chi connectivity index (χ3n) is 5.23. The van der Waals surface area contributed by atoms with Crippen LogP contribution in [0.4, 0.5) is 0 Å². The van der Waals surface area contributed by atoms with Gasteiger partial charge in [0.05, 0.1) is 24.2 Å². The number of H-pyrrole nitrogens is 1. The first-order valence-corrected chi connectivity index (χ1v) is 9.00. The van der Waals surface area contributed by atoms with Crippen LogP contribution in [0.3, 0.4) is 0 Å². The fourth-order valence-electron chi connectivity index (χ4n) is 3.90. The van der Waals surface area contributed by atoms with Gasteiger partial charge < -0.3 is 19.9 Å². The normalized spacial score (nSPS) is 22.4. The molecule has 1 aromatic carbocycles. The van der Waals surface area contributed by atoms with Gasteiger partial charge in [-0.3, -0.25) is 9.36 Å². The van der Waals surface area contributed by atoms with E-state index in [-0.39, 0.29) is 23.7 Å². The summed E-state index contributed by atoms with van der Waals surface area (Å²) in [6, 6.07) is 8.03. The van der Waals surface area contributed by atoms with Crippen LogP contribution in [0.15, 0.2) is 29.1 Å². The third-order valence-corrected chi connectivity index (χ3v) is 5.23. The molecule has 1 atom stereocenters. The molecule has 0 saturated carbocycles. The van der Waals surface area contributed by atoms with E-state index in [9.17, 15) is 9.59 Å². The number of para-hydroxylation sites is 2. The maximum Gasteiger partial charge on any atom is 0.326 e. The first-order chi connectivity index (χ1) is 12.2. The summed E-state index contributed by atoms with van der Waals surface area (Å²) < 4.78 is 7.27. The molecule has 2 aliphatic rings. The van der Waals surface area contributed by atoms with Crippen LogP contribution in [0.5, 0.6) is 0 Å². The number of aromatic nitrogens is 2. The minimum Gasteiger partial charge on any atom is -0.378 e. The number of aromatic amines is 1. The minimum absolute atomic E-state index is 0.0606. The number of hydrogen-bond donors (Lipinski definition) is 2. The molecular formula is C18H24N4O3. The fraction of sp³-hybridized carbons (Fsp3) is 0.556. The van der Waals surface area contributed by atoms with Gasteiger partial charge in [0.25, 0.3) is 0 Å². The molecule has 2 fully saturated rings. The minimum atomic E-state index is -0.0606. The van der Waals surface area contributed by atoms with Crippen molar-refractivity contribution < 1.29 is 9.53 Å². The molecule has 0 aliphatic carbocycles. The van der Waals surface area contributed by atoms with E-state index in [1.54, 1.807) is 0 Å². The second-order valence-electron chi connectivity index (χ2n) is 6.86. The molecule has 0 radical (unpaired) electrons. The number of rotatable bonds is 3. The van der Waals surface area contributed by atoms with Crippen molar-refractivity contribution in [2.24, 2.45) is 0 Å². The Bertz CT molecular complexity index is 798. The molecule has 2 N–H and O–H groups in total.